The largest absolute Gasteiger partial charge is 0.294 e. The first kappa shape index (κ1) is 14.0. The van der Waals surface area contributed by atoms with Gasteiger partial charge in [-0.3, -0.25) is 9.88 Å². The van der Waals surface area contributed by atoms with E-state index >= 15 is 0 Å². The summed E-state index contributed by atoms with van der Waals surface area (Å²) in [6, 6.07) is 8.99. The highest BCUT2D eigenvalue weighted by Gasteiger charge is 2.28. The van der Waals surface area contributed by atoms with Crippen molar-refractivity contribution in [3.63, 3.8) is 0 Å². The number of rotatable bonds is 4. The van der Waals surface area contributed by atoms with E-state index in [9.17, 15) is 5.26 Å². The van der Waals surface area contributed by atoms with Gasteiger partial charge in [-0.1, -0.05) is 32.3 Å². The van der Waals surface area contributed by atoms with Crippen LogP contribution in [-0.2, 0) is 6.54 Å². The Balaban J connectivity index is 2.08. The summed E-state index contributed by atoms with van der Waals surface area (Å²) < 4.78 is 0. The Morgan fingerprint density at radius 2 is 2.16 bits per heavy atom. The van der Waals surface area contributed by atoms with E-state index in [0.717, 1.165) is 31.6 Å². The van der Waals surface area contributed by atoms with Gasteiger partial charge in [0.05, 0.1) is 17.7 Å². The first-order chi connectivity index (χ1) is 9.35. The smallest absolute Gasteiger partial charge is 0.0672 e. The Morgan fingerprint density at radius 3 is 2.84 bits per heavy atom. The van der Waals surface area contributed by atoms with Crippen molar-refractivity contribution in [1.29, 1.82) is 5.26 Å². The Kier molecular flexibility index (Phi) is 5.35. The van der Waals surface area contributed by atoms with Gasteiger partial charge in [-0.25, -0.2) is 0 Å². The van der Waals surface area contributed by atoms with E-state index in [1.54, 1.807) is 0 Å². The number of nitriles is 1. The maximum Gasteiger partial charge on any atom is 0.0672 e. The third kappa shape index (κ3) is 3.78. The summed E-state index contributed by atoms with van der Waals surface area (Å²) in [5.41, 5.74) is 1.10. The van der Waals surface area contributed by atoms with Gasteiger partial charge in [-0.2, -0.15) is 5.26 Å². The fourth-order valence-corrected chi connectivity index (χ4v) is 3.04. The van der Waals surface area contributed by atoms with Crippen molar-refractivity contribution in [2.75, 3.05) is 6.54 Å². The maximum atomic E-state index is 9.40. The molecule has 0 saturated heterocycles. The van der Waals surface area contributed by atoms with E-state index in [4.69, 9.17) is 0 Å². The highest BCUT2D eigenvalue weighted by atomic mass is 15.2. The third-order valence-corrected chi connectivity index (χ3v) is 4.11. The quantitative estimate of drug-likeness (QED) is 0.776. The molecular weight excluding hydrogens is 234 g/mol. The second-order valence-electron chi connectivity index (χ2n) is 5.33. The topological polar surface area (TPSA) is 39.9 Å². The molecule has 0 aliphatic heterocycles. The predicted octanol–water partition coefficient (Wildman–Crippen LogP) is 3.38. The van der Waals surface area contributed by atoms with Gasteiger partial charge in [0.25, 0.3) is 0 Å². The predicted molar refractivity (Wildman–Crippen MR) is 76.3 cm³/mol. The molecule has 1 heterocycles. The zero-order valence-corrected chi connectivity index (χ0v) is 11.8. The summed E-state index contributed by atoms with van der Waals surface area (Å²) in [5, 5.41) is 9.40. The summed E-state index contributed by atoms with van der Waals surface area (Å²) in [6.45, 7) is 4.03. The summed E-state index contributed by atoms with van der Waals surface area (Å²) in [6.07, 6.45) is 7.78. The van der Waals surface area contributed by atoms with Crippen molar-refractivity contribution >= 4 is 0 Å². The van der Waals surface area contributed by atoms with E-state index in [1.165, 1.54) is 19.3 Å². The molecule has 1 aliphatic rings. The van der Waals surface area contributed by atoms with Crippen LogP contribution in [0.2, 0.25) is 0 Å². The van der Waals surface area contributed by atoms with Crippen LogP contribution in [-0.4, -0.2) is 22.5 Å². The highest BCUT2D eigenvalue weighted by molar-refractivity contribution is 5.04. The van der Waals surface area contributed by atoms with Crippen LogP contribution < -0.4 is 0 Å². The molecule has 0 radical (unpaired) electrons. The molecule has 1 aromatic heterocycles. The lowest BCUT2D eigenvalue weighted by Gasteiger charge is -2.32. The molecule has 0 N–H and O–H groups in total. The molecule has 1 fully saturated rings. The molecule has 1 saturated carbocycles. The molecule has 19 heavy (non-hydrogen) atoms. The van der Waals surface area contributed by atoms with Gasteiger partial charge in [0.1, 0.15) is 0 Å². The average molecular weight is 257 g/mol. The zero-order chi connectivity index (χ0) is 13.5. The van der Waals surface area contributed by atoms with Crippen LogP contribution in [0.1, 0.15) is 44.7 Å². The molecule has 0 aromatic carbocycles. The van der Waals surface area contributed by atoms with Crippen molar-refractivity contribution in [1.82, 2.24) is 9.88 Å². The van der Waals surface area contributed by atoms with Crippen LogP contribution in [0.15, 0.2) is 24.4 Å². The maximum absolute atomic E-state index is 9.40. The van der Waals surface area contributed by atoms with Crippen molar-refractivity contribution in [3.8, 4) is 6.07 Å². The lowest BCUT2D eigenvalue weighted by molar-refractivity contribution is 0.152. The minimum absolute atomic E-state index is 0.186. The minimum Gasteiger partial charge on any atom is -0.294 e. The zero-order valence-electron chi connectivity index (χ0n) is 11.8. The Morgan fingerprint density at radius 1 is 1.32 bits per heavy atom. The summed E-state index contributed by atoms with van der Waals surface area (Å²) in [4.78, 5) is 6.84. The molecule has 0 bridgehead atoms. The van der Waals surface area contributed by atoms with Crippen LogP contribution in [0.5, 0.6) is 0 Å². The fraction of sp³-hybridized carbons (Fsp3) is 0.625. The molecule has 0 spiro atoms. The Bertz CT molecular complexity index is 410. The Hall–Kier alpha value is -1.40. The first-order valence-corrected chi connectivity index (χ1v) is 7.38. The van der Waals surface area contributed by atoms with E-state index in [2.05, 4.69) is 28.9 Å². The van der Waals surface area contributed by atoms with Crippen LogP contribution >= 0.6 is 0 Å². The van der Waals surface area contributed by atoms with Crippen LogP contribution in [0.3, 0.4) is 0 Å². The van der Waals surface area contributed by atoms with Gasteiger partial charge in [0, 0.05) is 18.8 Å². The first-order valence-electron chi connectivity index (χ1n) is 7.38. The number of hydrogen-bond acceptors (Lipinski definition) is 3. The Labute approximate surface area is 116 Å². The molecule has 102 valence electrons. The van der Waals surface area contributed by atoms with Gasteiger partial charge < -0.3 is 0 Å². The molecule has 2 rings (SSSR count). The van der Waals surface area contributed by atoms with E-state index in [1.807, 2.05) is 18.3 Å². The molecule has 3 heteroatoms. The van der Waals surface area contributed by atoms with E-state index in [0.29, 0.717) is 6.04 Å². The standard InChI is InChI=1S/C16H23N3/c1-2-19(13-15-9-6-7-11-18-15)16-10-5-3-4-8-14(16)12-17/h6-7,9,11,14,16H,2-5,8,10,13H2,1H3. The number of aromatic nitrogens is 1. The second kappa shape index (κ2) is 7.25. The summed E-state index contributed by atoms with van der Waals surface area (Å²) >= 11 is 0. The van der Waals surface area contributed by atoms with Gasteiger partial charge in [-0.05, 0) is 31.5 Å². The number of nitrogens with zero attached hydrogens (tertiary/aromatic N) is 3. The second-order valence-corrected chi connectivity index (χ2v) is 5.33. The van der Waals surface area contributed by atoms with Crippen LogP contribution in [0.25, 0.3) is 0 Å². The highest BCUT2D eigenvalue weighted by Crippen LogP contribution is 2.27. The van der Waals surface area contributed by atoms with Crippen molar-refractivity contribution in [3.05, 3.63) is 30.1 Å². The minimum atomic E-state index is 0.186. The van der Waals surface area contributed by atoms with Crippen molar-refractivity contribution < 1.29 is 0 Å². The van der Waals surface area contributed by atoms with Crippen molar-refractivity contribution in [2.24, 2.45) is 5.92 Å². The van der Waals surface area contributed by atoms with Gasteiger partial charge in [-0.15, -0.1) is 0 Å². The molecule has 1 aromatic rings. The molecule has 3 nitrogen and oxygen atoms in total. The number of pyridine rings is 1. The van der Waals surface area contributed by atoms with Crippen LogP contribution in [0, 0.1) is 17.2 Å². The SMILES string of the molecule is CCN(Cc1ccccn1)C1CCCCCC1C#N. The van der Waals surface area contributed by atoms with E-state index in [-0.39, 0.29) is 5.92 Å². The van der Waals surface area contributed by atoms with E-state index < -0.39 is 0 Å². The van der Waals surface area contributed by atoms with Gasteiger partial charge >= 0.3 is 0 Å². The number of hydrogen-bond donors (Lipinski definition) is 0. The molecule has 2 atom stereocenters. The molecular formula is C16H23N3. The summed E-state index contributed by atoms with van der Waals surface area (Å²) in [7, 11) is 0. The molecule has 0 amide bonds. The average Bonchev–Trinajstić information content (AvgIpc) is 2.71. The summed E-state index contributed by atoms with van der Waals surface area (Å²) in [5.74, 6) is 0.186. The monoisotopic (exact) mass is 257 g/mol. The van der Waals surface area contributed by atoms with Gasteiger partial charge in [0.2, 0.25) is 0 Å². The lowest BCUT2D eigenvalue weighted by Crippen LogP contribution is -2.39. The molecule has 1 aliphatic carbocycles. The van der Waals surface area contributed by atoms with Gasteiger partial charge in [0.15, 0.2) is 0 Å². The van der Waals surface area contributed by atoms with Crippen LogP contribution in [0.4, 0.5) is 0 Å². The third-order valence-electron chi connectivity index (χ3n) is 4.11. The normalized spacial score (nSPS) is 23.8. The fourth-order valence-electron chi connectivity index (χ4n) is 3.04. The van der Waals surface area contributed by atoms with Crippen molar-refractivity contribution in [2.45, 2.75) is 51.6 Å². The lowest BCUT2D eigenvalue weighted by atomic mass is 9.94. The molecule has 2 unspecified atom stereocenters.